The van der Waals surface area contributed by atoms with Gasteiger partial charge in [0, 0.05) is 49.8 Å². The van der Waals surface area contributed by atoms with Crippen molar-refractivity contribution < 1.29 is 27.9 Å². The van der Waals surface area contributed by atoms with Crippen LogP contribution >= 0.6 is 0 Å². The smallest absolute Gasteiger partial charge is 0.475 e. The van der Waals surface area contributed by atoms with Crippen molar-refractivity contribution in [3.05, 3.63) is 57.8 Å². The van der Waals surface area contributed by atoms with Crippen molar-refractivity contribution in [2.45, 2.75) is 53.0 Å². The lowest BCUT2D eigenvalue weighted by molar-refractivity contribution is -0.192. The van der Waals surface area contributed by atoms with Crippen molar-refractivity contribution in [1.82, 2.24) is 24.2 Å². The summed E-state index contributed by atoms with van der Waals surface area (Å²) in [6, 6.07) is 3.50. The Labute approximate surface area is 193 Å². The summed E-state index contributed by atoms with van der Waals surface area (Å²) >= 11 is 0. The third kappa shape index (κ3) is 6.21. The van der Waals surface area contributed by atoms with Gasteiger partial charge in [-0.1, -0.05) is 0 Å². The first kappa shape index (κ1) is 26.6. The molecule has 0 aliphatic rings. The van der Waals surface area contributed by atoms with Gasteiger partial charge in [-0.25, -0.2) is 9.78 Å². The van der Waals surface area contributed by atoms with Gasteiger partial charge < -0.3 is 14.6 Å². The van der Waals surface area contributed by atoms with E-state index >= 15 is 0 Å². The quantitative estimate of drug-likeness (QED) is 0.600. The van der Waals surface area contributed by atoms with E-state index in [4.69, 9.17) is 9.90 Å². The lowest BCUT2D eigenvalue weighted by Crippen LogP contribution is -2.39. The zero-order valence-electron chi connectivity index (χ0n) is 19.4. The van der Waals surface area contributed by atoms with E-state index in [1.807, 2.05) is 45.5 Å². The van der Waals surface area contributed by atoms with Gasteiger partial charge >= 0.3 is 12.1 Å². The molecule has 3 heterocycles. The second kappa shape index (κ2) is 10.5. The molecule has 34 heavy (non-hydrogen) atoms. The largest absolute Gasteiger partial charge is 0.490 e. The number of carboxylic acid groups (broad SMARTS) is 1. The molecule has 9 nitrogen and oxygen atoms in total. The number of halogens is 3. The molecule has 3 aromatic heterocycles. The van der Waals surface area contributed by atoms with Gasteiger partial charge in [0.1, 0.15) is 11.2 Å². The van der Waals surface area contributed by atoms with Crippen LogP contribution in [0.25, 0.3) is 11.0 Å². The Morgan fingerprint density at radius 3 is 2.29 bits per heavy atom. The number of rotatable bonds is 5. The average molecular weight is 481 g/mol. The molecule has 0 aliphatic carbocycles. The number of alkyl halides is 3. The number of carbonyl (C=O) groups is 2. The first-order valence-corrected chi connectivity index (χ1v) is 10.4. The first-order valence-electron chi connectivity index (χ1n) is 10.4. The molecule has 0 aliphatic heterocycles. The average Bonchev–Trinajstić information content (AvgIpc) is 3.16. The number of aryl methyl sites for hydroxylation is 3. The van der Waals surface area contributed by atoms with Gasteiger partial charge in [-0.15, -0.1) is 0 Å². The monoisotopic (exact) mass is 481 g/mol. The zero-order valence-corrected chi connectivity index (χ0v) is 19.4. The predicted molar refractivity (Wildman–Crippen MR) is 118 cm³/mol. The van der Waals surface area contributed by atoms with Crippen molar-refractivity contribution in [3.8, 4) is 0 Å². The van der Waals surface area contributed by atoms with Crippen molar-refractivity contribution in [3.63, 3.8) is 0 Å². The molecule has 3 rings (SSSR count). The van der Waals surface area contributed by atoms with Crippen LogP contribution in [0.4, 0.5) is 13.2 Å². The van der Waals surface area contributed by atoms with E-state index in [0.29, 0.717) is 24.1 Å². The summed E-state index contributed by atoms with van der Waals surface area (Å²) in [5, 5.41) is 11.8. The Morgan fingerprint density at radius 2 is 1.82 bits per heavy atom. The van der Waals surface area contributed by atoms with E-state index in [0.717, 1.165) is 11.3 Å². The summed E-state index contributed by atoms with van der Waals surface area (Å²) in [7, 11) is 1.84. The molecule has 0 unspecified atom stereocenters. The first-order chi connectivity index (χ1) is 15.8. The second-order valence-corrected chi connectivity index (χ2v) is 7.83. The molecule has 0 aromatic carbocycles. The molecule has 184 valence electrons. The molecule has 0 atom stereocenters. The van der Waals surface area contributed by atoms with Crippen LogP contribution in [0.2, 0.25) is 0 Å². The van der Waals surface area contributed by atoms with Gasteiger partial charge in [-0.05, 0) is 39.8 Å². The summed E-state index contributed by atoms with van der Waals surface area (Å²) in [5.41, 5.74) is 2.27. The number of aliphatic carboxylic acids is 1. The number of hydrogen-bond acceptors (Lipinski definition) is 5. The lowest BCUT2D eigenvalue weighted by atomic mass is 10.1. The predicted octanol–water partition coefficient (Wildman–Crippen LogP) is 3.14. The summed E-state index contributed by atoms with van der Waals surface area (Å²) in [6.07, 6.45) is 0.165. The van der Waals surface area contributed by atoms with Crippen LogP contribution in [0.3, 0.4) is 0 Å². The molecule has 0 spiro atoms. The van der Waals surface area contributed by atoms with Gasteiger partial charge in [0.25, 0.3) is 5.91 Å². The van der Waals surface area contributed by atoms with Crippen LogP contribution in [0.5, 0.6) is 0 Å². The molecule has 0 saturated carbocycles. The molecule has 0 radical (unpaired) electrons. The van der Waals surface area contributed by atoms with Crippen LogP contribution in [-0.2, 0) is 24.9 Å². The van der Waals surface area contributed by atoms with E-state index in [2.05, 4.69) is 10.1 Å². The van der Waals surface area contributed by atoms with E-state index < -0.39 is 12.1 Å². The highest BCUT2D eigenvalue weighted by atomic mass is 19.4. The maximum absolute atomic E-state index is 13.3. The Bertz CT molecular complexity index is 1250. The molecule has 0 saturated heterocycles. The van der Waals surface area contributed by atoms with Crippen LogP contribution < -0.4 is 5.43 Å². The Hall–Kier alpha value is -3.70. The minimum atomic E-state index is -5.08. The van der Waals surface area contributed by atoms with E-state index in [1.165, 1.54) is 0 Å². The van der Waals surface area contributed by atoms with Gasteiger partial charge in [0.05, 0.1) is 11.6 Å². The number of aromatic nitrogens is 4. The molecule has 3 aromatic rings. The van der Waals surface area contributed by atoms with Crippen LogP contribution in [0, 0.1) is 6.92 Å². The van der Waals surface area contributed by atoms with Gasteiger partial charge in [0.2, 0.25) is 5.43 Å². The SMILES string of the molecule is CCn1cc(C(=O)N(Cc2cnn(C)c2)C(C)C)c(=O)c2ccc(C)nc21.O=C(O)C(F)(F)F. The van der Waals surface area contributed by atoms with Crippen LogP contribution in [-0.4, -0.2) is 53.4 Å². The van der Waals surface area contributed by atoms with Gasteiger partial charge in [0.15, 0.2) is 0 Å². The van der Waals surface area contributed by atoms with E-state index in [9.17, 15) is 22.8 Å². The summed E-state index contributed by atoms with van der Waals surface area (Å²) in [5.74, 6) is -3.03. The summed E-state index contributed by atoms with van der Waals surface area (Å²) in [4.78, 5) is 41.4. The number of fused-ring (bicyclic) bond motifs is 1. The number of amides is 1. The van der Waals surface area contributed by atoms with Gasteiger partial charge in [-0.3, -0.25) is 14.3 Å². The van der Waals surface area contributed by atoms with Crippen LogP contribution in [0.1, 0.15) is 42.4 Å². The fourth-order valence-corrected chi connectivity index (χ4v) is 3.15. The maximum atomic E-state index is 13.3. The molecule has 12 heteroatoms. The highest BCUT2D eigenvalue weighted by Crippen LogP contribution is 2.16. The third-order valence-electron chi connectivity index (χ3n) is 4.87. The summed E-state index contributed by atoms with van der Waals surface area (Å²) in [6.45, 7) is 8.77. The Morgan fingerprint density at radius 1 is 1.21 bits per heavy atom. The molecular formula is C22H26F3N5O4. The summed E-state index contributed by atoms with van der Waals surface area (Å²) < 4.78 is 35.3. The van der Waals surface area contributed by atoms with E-state index in [-0.39, 0.29) is 22.9 Å². The minimum Gasteiger partial charge on any atom is -0.475 e. The standard InChI is InChI=1S/C20H25N5O2.C2HF3O2/c1-6-24-12-17(18(26)16-8-7-14(4)22-19(16)24)20(27)25(13(2)3)11-15-9-21-23(5)10-15;3-2(4,5)1(6)7/h7-10,12-13H,6,11H2,1-5H3;(H,6,7). The minimum absolute atomic E-state index is 0.0565. The highest BCUT2D eigenvalue weighted by molar-refractivity contribution is 5.97. The number of hydrogen-bond donors (Lipinski definition) is 1. The van der Waals surface area contributed by atoms with Crippen molar-refractivity contribution in [2.24, 2.45) is 7.05 Å². The Kier molecular flexibility index (Phi) is 8.19. The zero-order chi connectivity index (χ0) is 25.8. The number of nitrogens with zero attached hydrogens (tertiary/aromatic N) is 5. The molecule has 0 fully saturated rings. The van der Waals surface area contributed by atoms with Crippen LogP contribution in [0.15, 0.2) is 35.5 Å². The lowest BCUT2D eigenvalue weighted by Gasteiger charge is -2.26. The third-order valence-corrected chi connectivity index (χ3v) is 4.87. The fraction of sp³-hybridized carbons (Fsp3) is 0.409. The maximum Gasteiger partial charge on any atom is 0.490 e. The second-order valence-electron chi connectivity index (χ2n) is 7.83. The molecule has 0 bridgehead atoms. The molecule has 1 amide bonds. The van der Waals surface area contributed by atoms with E-state index in [1.54, 1.807) is 34.1 Å². The van der Waals surface area contributed by atoms with Crippen molar-refractivity contribution in [1.29, 1.82) is 0 Å². The van der Waals surface area contributed by atoms with Gasteiger partial charge in [-0.2, -0.15) is 18.3 Å². The van der Waals surface area contributed by atoms with Crippen molar-refractivity contribution >= 4 is 22.9 Å². The van der Waals surface area contributed by atoms with Crippen molar-refractivity contribution in [2.75, 3.05) is 0 Å². The fourth-order valence-electron chi connectivity index (χ4n) is 3.15. The highest BCUT2D eigenvalue weighted by Gasteiger charge is 2.38. The molecular weight excluding hydrogens is 455 g/mol. The number of carboxylic acids is 1. The normalized spacial score (nSPS) is 11.3. The topological polar surface area (TPSA) is 110 Å². The number of pyridine rings is 2. The number of carbonyl (C=O) groups excluding carboxylic acids is 1. The Balaban J connectivity index is 0.000000509. The molecule has 1 N–H and O–H groups in total.